The van der Waals surface area contributed by atoms with Crippen molar-refractivity contribution in [2.45, 2.75) is 78.2 Å². The SMILES string of the molecule is CCCC1CCC(CNC(C)(C)C)C(c2ccsc2C)C1. The van der Waals surface area contributed by atoms with Gasteiger partial charge in [0, 0.05) is 10.4 Å². The Balaban J connectivity index is 2.09. The Morgan fingerprint density at radius 1 is 1.29 bits per heavy atom. The molecule has 2 rings (SSSR count). The Kier molecular flexibility index (Phi) is 5.90. The summed E-state index contributed by atoms with van der Waals surface area (Å²) < 4.78 is 0. The molecule has 0 bridgehead atoms. The van der Waals surface area contributed by atoms with Gasteiger partial charge in [0.05, 0.1) is 0 Å². The average molecular weight is 308 g/mol. The minimum Gasteiger partial charge on any atom is -0.312 e. The number of rotatable bonds is 5. The smallest absolute Gasteiger partial charge is 0.00966 e. The van der Waals surface area contributed by atoms with E-state index < -0.39 is 0 Å². The number of thiophene rings is 1. The van der Waals surface area contributed by atoms with Crippen molar-refractivity contribution in [2.75, 3.05) is 6.54 Å². The van der Waals surface area contributed by atoms with Crippen molar-refractivity contribution in [3.8, 4) is 0 Å². The van der Waals surface area contributed by atoms with E-state index in [0.29, 0.717) is 0 Å². The van der Waals surface area contributed by atoms with Crippen molar-refractivity contribution in [1.82, 2.24) is 5.32 Å². The van der Waals surface area contributed by atoms with E-state index in [1.165, 1.54) is 43.5 Å². The zero-order chi connectivity index (χ0) is 15.5. The maximum Gasteiger partial charge on any atom is 0.00966 e. The van der Waals surface area contributed by atoms with Gasteiger partial charge in [-0.15, -0.1) is 11.3 Å². The van der Waals surface area contributed by atoms with Gasteiger partial charge in [0.2, 0.25) is 0 Å². The lowest BCUT2D eigenvalue weighted by atomic mass is 9.70. The number of nitrogens with one attached hydrogen (secondary N) is 1. The summed E-state index contributed by atoms with van der Waals surface area (Å²) in [7, 11) is 0. The largest absolute Gasteiger partial charge is 0.312 e. The minimum absolute atomic E-state index is 0.231. The van der Waals surface area contributed by atoms with Crippen molar-refractivity contribution in [2.24, 2.45) is 11.8 Å². The molecule has 21 heavy (non-hydrogen) atoms. The highest BCUT2D eigenvalue weighted by atomic mass is 32.1. The fraction of sp³-hybridized carbons (Fsp3) is 0.789. The molecule has 0 aromatic carbocycles. The highest BCUT2D eigenvalue weighted by Gasteiger charge is 2.32. The van der Waals surface area contributed by atoms with Crippen LogP contribution in [-0.2, 0) is 0 Å². The molecule has 1 nitrogen and oxygen atoms in total. The van der Waals surface area contributed by atoms with Crippen LogP contribution in [0.5, 0.6) is 0 Å². The van der Waals surface area contributed by atoms with Crippen LogP contribution in [0.4, 0.5) is 0 Å². The molecular formula is C19H33NS. The van der Waals surface area contributed by atoms with E-state index in [1.54, 1.807) is 5.56 Å². The van der Waals surface area contributed by atoms with Crippen molar-refractivity contribution in [3.63, 3.8) is 0 Å². The van der Waals surface area contributed by atoms with Gasteiger partial charge in [-0.25, -0.2) is 0 Å². The minimum atomic E-state index is 0.231. The molecule has 3 unspecified atom stereocenters. The summed E-state index contributed by atoms with van der Waals surface area (Å²) in [6, 6.07) is 2.39. The van der Waals surface area contributed by atoms with Gasteiger partial charge in [-0.2, -0.15) is 0 Å². The maximum atomic E-state index is 3.75. The molecule has 1 saturated carbocycles. The molecule has 0 saturated heterocycles. The third-order valence-electron chi connectivity index (χ3n) is 4.99. The molecule has 0 aliphatic heterocycles. The molecule has 2 heteroatoms. The van der Waals surface area contributed by atoms with Crippen LogP contribution in [0.3, 0.4) is 0 Å². The Bertz CT molecular complexity index is 429. The maximum absolute atomic E-state index is 3.75. The molecule has 1 N–H and O–H groups in total. The molecule has 1 aromatic heterocycles. The number of hydrogen-bond donors (Lipinski definition) is 1. The predicted molar refractivity (Wildman–Crippen MR) is 95.3 cm³/mol. The van der Waals surface area contributed by atoms with E-state index in [1.807, 2.05) is 11.3 Å². The molecule has 3 atom stereocenters. The third-order valence-corrected chi connectivity index (χ3v) is 5.85. The third kappa shape index (κ3) is 4.82. The van der Waals surface area contributed by atoms with Crippen LogP contribution in [0.1, 0.15) is 76.2 Å². The monoisotopic (exact) mass is 307 g/mol. The van der Waals surface area contributed by atoms with Crippen LogP contribution in [0.15, 0.2) is 11.4 Å². The zero-order valence-electron chi connectivity index (χ0n) is 14.5. The molecule has 0 amide bonds. The second-order valence-electron chi connectivity index (χ2n) is 7.90. The van der Waals surface area contributed by atoms with E-state index in [9.17, 15) is 0 Å². The standard InChI is InChI=1S/C19H33NS/c1-6-7-15-8-9-16(13-20-19(3,4)5)18(12-15)17-10-11-21-14(17)2/h10-11,15-16,18,20H,6-9,12-13H2,1-5H3. The molecule has 120 valence electrons. The Morgan fingerprint density at radius 3 is 2.62 bits per heavy atom. The van der Waals surface area contributed by atoms with Gasteiger partial charge in [-0.05, 0) is 81.8 Å². The van der Waals surface area contributed by atoms with Gasteiger partial charge in [0.15, 0.2) is 0 Å². The molecule has 1 aliphatic carbocycles. The first-order chi connectivity index (χ1) is 9.90. The first-order valence-corrected chi connectivity index (χ1v) is 9.57. The van der Waals surface area contributed by atoms with E-state index in [-0.39, 0.29) is 5.54 Å². The summed E-state index contributed by atoms with van der Waals surface area (Å²) >= 11 is 1.92. The summed E-state index contributed by atoms with van der Waals surface area (Å²) in [6.07, 6.45) is 6.99. The first kappa shape index (κ1) is 17.0. The molecule has 1 aliphatic rings. The normalized spacial score (nSPS) is 27.0. The van der Waals surface area contributed by atoms with Crippen LogP contribution in [-0.4, -0.2) is 12.1 Å². The molecular weight excluding hydrogens is 274 g/mol. The Hall–Kier alpha value is -0.340. The van der Waals surface area contributed by atoms with E-state index >= 15 is 0 Å². The summed E-state index contributed by atoms with van der Waals surface area (Å²) in [4.78, 5) is 1.54. The molecule has 0 radical (unpaired) electrons. The molecule has 1 aromatic rings. The number of hydrogen-bond acceptors (Lipinski definition) is 2. The second-order valence-corrected chi connectivity index (χ2v) is 9.02. The lowest BCUT2D eigenvalue weighted by Gasteiger charge is -2.38. The zero-order valence-corrected chi connectivity index (χ0v) is 15.4. The fourth-order valence-electron chi connectivity index (χ4n) is 3.83. The van der Waals surface area contributed by atoms with Crippen molar-refractivity contribution in [3.05, 3.63) is 21.9 Å². The summed E-state index contributed by atoms with van der Waals surface area (Å²) in [5.41, 5.74) is 1.87. The van der Waals surface area contributed by atoms with Crippen LogP contribution in [0, 0.1) is 18.8 Å². The quantitative estimate of drug-likeness (QED) is 0.731. The van der Waals surface area contributed by atoms with Gasteiger partial charge < -0.3 is 5.32 Å². The average Bonchev–Trinajstić information content (AvgIpc) is 2.83. The lowest BCUT2D eigenvalue weighted by molar-refractivity contribution is 0.209. The summed E-state index contributed by atoms with van der Waals surface area (Å²) in [5.74, 6) is 2.53. The molecule has 1 heterocycles. The van der Waals surface area contributed by atoms with Gasteiger partial charge in [0.25, 0.3) is 0 Å². The van der Waals surface area contributed by atoms with Gasteiger partial charge in [-0.1, -0.05) is 26.2 Å². The second kappa shape index (κ2) is 7.28. The van der Waals surface area contributed by atoms with E-state index in [2.05, 4.69) is 51.4 Å². The van der Waals surface area contributed by atoms with Crippen LogP contribution >= 0.6 is 11.3 Å². The fourth-order valence-corrected chi connectivity index (χ4v) is 4.61. The Labute approximate surface area is 135 Å². The van der Waals surface area contributed by atoms with Gasteiger partial charge >= 0.3 is 0 Å². The molecule has 0 spiro atoms. The van der Waals surface area contributed by atoms with Crippen molar-refractivity contribution in [1.29, 1.82) is 0 Å². The topological polar surface area (TPSA) is 12.0 Å². The summed E-state index contributed by atoms with van der Waals surface area (Å²) in [5, 5.41) is 6.03. The van der Waals surface area contributed by atoms with E-state index in [0.717, 1.165) is 17.8 Å². The van der Waals surface area contributed by atoms with Crippen LogP contribution < -0.4 is 5.32 Å². The van der Waals surface area contributed by atoms with Crippen LogP contribution in [0.2, 0.25) is 0 Å². The van der Waals surface area contributed by atoms with Crippen molar-refractivity contribution >= 4 is 11.3 Å². The summed E-state index contributed by atoms with van der Waals surface area (Å²) in [6.45, 7) is 12.6. The van der Waals surface area contributed by atoms with Crippen LogP contribution in [0.25, 0.3) is 0 Å². The van der Waals surface area contributed by atoms with Gasteiger partial charge in [-0.3, -0.25) is 0 Å². The van der Waals surface area contributed by atoms with E-state index in [4.69, 9.17) is 0 Å². The molecule has 1 fully saturated rings. The first-order valence-electron chi connectivity index (χ1n) is 8.69. The van der Waals surface area contributed by atoms with Crippen molar-refractivity contribution < 1.29 is 0 Å². The highest BCUT2D eigenvalue weighted by Crippen LogP contribution is 2.43. The lowest BCUT2D eigenvalue weighted by Crippen LogP contribution is -2.41. The highest BCUT2D eigenvalue weighted by molar-refractivity contribution is 7.10. The Morgan fingerprint density at radius 2 is 2.05 bits per heavy atom. The van der Waals surface area contributed by atoms with Gasteiger partial charge in [0.1, 0.15) is 0 Å². The number of aryl methyl sites for hydroxylation is 1. The predicted octanol–water partition coefficient (Wildman–Crippen LogP) is 5.74.